The molecule has 156 valence electrons. The van der Waals surface area contributed by atoms with Crippen LogP contribution in [0.2, 0.25) is 0 Å². The molecular weight excluding hydrogens is 424 g/mol. The molecule has 3 aromatic carbocycles. The summed E-state index contributed by atoms with van der Waals surface area (Å²) in [6.45, 7) is 0. The predicted molar refractivity (Wildman–Crippen MR) is 111 cm³/mol. The van der Waals surface area contributed by atoms with Crippen molar-refractivity contribution in [1.29, 1.82) is 0 Å². The molecule has 3 aromatic rings. The number of aromatic carboxylic acids is 1. The summed E-state index contributed by atoms with van der Waals surface area (Å²) >= 11 is 0. The van der Waals surface area contributed by atoms with Gasteiger partial charge in [0.15, 0.2) is 11.6 Å². The van der Waals surface area contributed by atoms with Crippen molar-refractivity contribution in [3.63, 3.8) is 0 Å². The van der Waals surface area contributed by atoms with Gasteiger partial charge in [-0.05, 0) is 18.2 Å². The van der Waals surface area contributed by atoms with E-state index in [9.17, 15) is 32.5 Å². The molecule has 1 aliphatic carbocycles. The van der Waals surface area contributed by atoms with Crippen LogP contribution in [0.3, 0.4) is 0 Å². The Kier molecular flexibility index (Phi) is 4.60. The van der Waals surface area contributed by atoms with Gasteiger partial charge >= 0.3 is 5.97 Å². The van der Waals surface area contributed by atoms with Crippen LogP contribution < -0.4 is 11.1 Å². The predicted octanol–water partition coefficient (Wildman–Crippen LogP) is 2.73. The number of para-hydroxylation sites is 1. The van der Waals surface area contributed by atoms with Crippen molar-refractivity contribution in [2.45, 2.75) is 4.90 Å². The number of hydrogen-bond donors (Lipinski definition) is 4. The molecule has 0 atom stereocenters. The van der Waals surface area contributed by atoms with Crippen molar-refractivity contribution >= 4 is 44.7 Å². The van der Waals surface area contributed by atoms with Gasteiger partial charge in [-0.25, -0.2) is 4.79 Å². The Morgan fingerprint density at radius 1 is 0.871 bits per heavy atom. The Balaban J connectivity index is 2.04. The highest BCUT2D eigenvalue weighted by atomic mass is 32.2. The first-order valence-electron chi connectivity index (χ1n) is 8.83. The van der Waals surface area contributed by atoms with Crippen LogP contribution in [0.1, 0.15) is 42.2 Å². The van der Waals surface area contributed by atoms with Crippen molar-refractivity contribution in [2.24, 2.45) is 0 Å². The summed E-state index contributed by atoms with van der Waals surface area (Å²) in [4.78, 5) is 37.1. The molecule has 1 aliphatic rings. The average molecular weight is 438 g/mol. The lowest BCUT2D eigenvalue weighted by molar-refractivity contribution is 0.0697. The molecule has 0 saturated heterocycles. The molecule has 0 heterocycles. The van der Waals surface area contributed by atoms with Crippen molar-refractivity contribution in [2.75, 3.05) is 11.1 Å². The fourth-order valence-corrected chi connectivity index (χ4v) is 4.18. The summed E-state index contributed by atoms with van der Waals surface area (Å²) in [6.07, 6.45) is 0. The van der Waals surface area contributed by atoms with E-state index >= 15 is 0 Å². The lowest BCUT2D eigenvalue weighted by Crippen LogP contribution is -2.25. The third-order valence-corrected chi connectivity index (χ3v) is 5.80. The fourth-order valence-electron chi connectivity index (χ4n) is 3.53. The zero-order valence-electron chi connectivity index (χ0n) is 15.6. The van der Waals surface area contributed by atoms with Gasteiger partial charge < -0.3 is 16.2 Å². The molecule has 0 amide bonds. The van der Waals surface area contributed by atoms with Crippen LogP contribution in [0.25, 0.3) is 0 Å². The minimum atomic E-state index is -4.87. The second-order valence-corrected chi connectivity index (χ2v) is 8.13. The molecule has 0 unspecified atom stereocenters. The molecule has 0 radical (unpaired) electrons. The summed E-state index contributed by atoms with van der Waals surface area (Å²) in [5, 5.41) is 12.1. The average Bonchev–Trinajstić information content (AvgIpc) is 2.72. The molecule has 0 aromatic heterocycles. The molecule has 10 heteroatoms. The first-order valence-corrected chi connectivity index (χ1v) is 10.3. The van der Waals surface area contributed by atoms with Crippen molar-refractivity contribution in [3.8, 4) is 0 Å². The number of fused-ring (bicyclic) bond motifs is 2. The lowest BCUT2D eigenvalue weighted by atomic mass is 9.82. The Hall–Kier alpha value is -4.02. The lowest BCUT2D eigenvalue weighted by Gasteiger charge is -2.24. The highest BCUT2D eigenvalue weighted by Crippen LogP contribution is 2.40. The number of carbonyl (C=O) groups excluding carboxylic acids is 2. The first-order chi connectivity index (χ1) is 14.6. The normalized spacial score (nSPS) is 12.8. The quantitative estimate of drug-likeness (QED) is 0.277. The number of carbonyl (C=O) groups is 3. The van der Waals surface area contributed by atoms with Gasteiger partial charge in [0.05, 0.1) is 33.8 Å². The van der Waals surface area contributed by atoms with Crippen LogP contribution in [0.5, 0.6) is 0 Å². The Bertz CT molecular complexity index is 1410. The second-order valence-electron chi connectivity index (χ2n) is 6.74. The zero-order chi connectivity index (χ0) is 22.5. The van der Waals surface area contributed by atoms with Gasteiger partial charge in [-0.1, -0.05) is 36.4 Å². The van der Waals surface area contributed by atoms with Crippen LogP contribution >= 0.6 is 0 Å². The molecule has 0 spiro atoms. The van der Waals surface area contributed by atoms with Crippen molar-refractivity contribution in [1.82, 2.24) is 0 Å². The summed E-state index contributed by atoms with van der Waals surface area (Å²) in [6, 6.07) is 12.6. The number of ketones is 2. The molecule has 0 fully saturated rings. The van der Waals surface area contributed by atoms with Gasteiger partial charge in [-0.2, -0.15) is 8.42 Å². The van der Waals surface area contributed by atoms with E-state index in [0.29, 0.717) is 0 Å². The molecule has 0 bridgehead atoms. The van der Waals surface area contributed by atoms with Gasteiger partial charge in [0.2, 0.25) is 0 Å². The Morgan fingerprint density at radius 3 is 2.00 bits per heavy atom. The van der Waals surface area contributed by atoms with E-state index in [4.69, 9.17) is 5.73 Å². The number of nitrogen functional groups attached to an aromatic ring is 1. The van der Waals surface area contributed by atoms with Gasteiger partial charge in [0.25, 0.3) is 10.1 Å². The number of nitrogens with one attached hydrogen (secondary N) is 1. The topological polar surface area (TPSA) is 164 Å². The molecule has 4 rings (SSSR count). The molecular formula is C21H14N2O7S. The molecule has 0 saturated carbocycles. The number of nitrogens with two attached hydrogens (primary N) is 1. The number of anilines is 3. The maximum absolute atomic E-state index is 13.2. The molecule has 9 nitrogen and oxygen atoms in total. The van der Waals surface area contributed by atoms with E-state index < -0.39 is 38.2 Å². The van der Waals surface area contributed by atoms with Gasteiger partial charge in [-0.15, -0.1) is 0 Å². The molecule has 0 aliphatic heterocycles. The monoisotopic (exact) mass is 438 g/mol. The highest BCUT2D eigenvalue weighted by Gasteiger charge is 2.36. The zero-order valence-corrected chi connectivity index (χ0v) is 16.4. The summed E-state index contributed by atoms with van der Waals surface area (Å²) < 4.78 is 33.4. The van der Waals surface area contributed by atoms with Crippen molar-refractivity contribution < 1.29 is 32.5 Å². The Labute approximate surface area is 175 Å². The first kappa shape index (κ1) is 20.3. The molecule has 31 heavy (non-hydrogen) atoms. The van der Waals surface area contributed by atoms with E-state index in [1.165, 1.54) is 36.4 Å². The number of carboxylic acid groups (broad SMARTS) is 1. The second kappa shape index (κ2) is 7.04. The largest absolute Gasteiger partial charge is 0.478 e. The van der Waals surface area contributed by atoms with Crippen LogP contribution in [-0.4, -0.2) is 35.6 Å². The van der Waals surface area contributed by atoms with Crippen molar-refractivity contribution in [3.05, 3.63) is 82.4 Å². The number of hydrogen-bond acceptors (Lipinski definition) is 7. The highest BCUT2D eigenvalue weighted by molar-refractivity contribution is 7.86. The maximum atomic E-state index is 13.2. The van der Waals surface area contributed by atoms with E-state index in [1.54, 1.807) is 12.1 Å². The van der Waals surface area contributed by atoms with Gasteiger partial charge in [0, 0.05) is 11.1 Å². The van der Waals surface area contributed by atoms with Gasteiger partial charge in [0.1, 0.15) is 4.90 Å². The number of benzene rings is 3. The summed E-state index contributed by atoms with van der Waals surface area (Å²) in [5.74, 6) is -2.56. The molecule has 5 N–H and O–H groups in total. The summed E-state index contributed by atoms with van der Waals surface area (Å²) in [5.41, 5.74) is 4.58. The Morgan fingerprint density at radius 2 is 1.42 bits per heavy atom. The minimum absolute atomic E-state index is 0.0380. The SMILES string of the molecule is Nc1c(S(=O)(=O)O)cc(Nc2ccccc2C(=O)O)c2c1C(=O)c1ccccc1C2=O. The third-order valence-electron chi connectivity index (χ3n) is 4.90. The smallest absolute Gasteiger partial charge is 0.337 e. The summed E-state index contributed by atoms with van der Waals surface area (Å²) in [7, 11) is -4.87. The number of rotatable bonds is 4. The fraction of sp³-hybridized carbons (Fsp3) is 0. The standard InChI is InChI=1S/C21H14N2O7S/c22-18-15(31(28,29)30)9-14(23-13-8-4-3-7-12(13)21(26)27)16-17(18)20(25)11-6-2-1-5-10(11)19(16)24/h1-9,23H,22H2,(H,26,27)(H,28,29,30). The third kappa shape index (κ3) is 3.23. The van der Waals surface area contributed by atoms with Gasteiger partial charge in [-0.3, -0.25) is 14.1 Å². The van der Waals surface area contributed by atoms with Crippen LogP contribution in [0, 0.1) is 0 Å². The number of carboxylic acids is 1. The van der Waals surface area contributed by atoms with E-state index in [0.717, 1.165) is 6.07 Å². The van der Waals surface area contributed by atoms with E-state index in [2.05, 4.69) is 5.32 Å². The van der Waals surface area contributed by atoms with E-state index in [1.807, 2.05) is 0 Å². The van der Waals surface area contributed by atoms with Crippen LogP contribution in [0.4, 0.5) is 17.1 Å². The van der Waals surface area contributed by atoms with E-state index in [-0.39, 0.29) is 39.2 Å². The van der Waals surface area contributed by atoms with Crippen LogP contribution in [-0.2, 0) is 10.1 Å². The minimum Gasteiger partial charge on any atom is -0.478 e. The maximum Gasteiger partial charge on any atom is 0.337 e. The van der Waals surface area contributed by atoms with Crippen LogP contribution in [0.15, 0.2) is 59.5 Å².